The lowest BCUT2D eigenvalue weighted by Crippen LogP contribution is -2.37. The number of amides is 2. The summed E-state index contributed by atoms with van der Waals surface area (Å²) < 4.78 is 28.8. The number of aryl methyl sites for hydroxylation is 1. The number of nitrogens with one attached hydrogen (secondary N) is 1. The summed E-state index contributed by atoms with van der Waals surface area (Å²) in [5.41, 5.74) is 1.56. The number of terminal acetylenes is 1. The largest absolute Gasteiger partial charge is 0.453 e. The summed E-state index contributed by atoms with van der Waals surface area (Å²) in [5.74, 6) is 2.08. The maximum atomic E-state index is 15.5. The minimum absolute atomic E-state index is 0.00200. The summed E-state index contributed by atoms with van der Waals surface area (Å²) in [6.45, 7) is 2.96. The van der Waals surface area contributed by atoms with E-state index in [9.17, 15) is 9.59 Å². The third kappa shape index (κ3) is 4.52. The molecule has 0 radical (unpaired) electrons. The number of thiophene rings is 1. The monoisotopic (exact) mass is 520 g/mol. The molecular weight excluding hydrogens is 495 g/mol. The first-order chi connectivity index (χ1) is 17.9. The van der Waals surface area contributed by atoms with Crippen LogP contribution in [0.1, 0.15) is 28.2 Å². The van der Waals surface area contributed by atoms with Crippen LogP contribution in [-0.2, 0) is 4.74 Å². The third-order valence-electron chi connectivity index (χ3n) is 6.42. The topological polar surface area (TPSA) is 85.7 Å². The van der Waals surface area contributed by atoms with Crippen molar-refractivity contribution in [2.24, 2.45) is 0 Å². The van der Waals surface area contributed by atoms with Crippen LogP contribution in [-0.4, -0.2) is 59.2 Å². The number of nitrogens with zero attached hydrogens (tertiary/aromatic N) is 3. The molecule has 4 heterocycles. The maximum Gasteiger partial charge on any atom is 0.327 e. The van der Waals surface area contributed by atoms with Gasteiger partial charge in [0.05, 0.1) is 39.8 Å². The van der Waals surface area contributed by atoms with Crippen molar-refractivity contribution >= 4 is 44.4 Å². The van der Waals surface area contributed by atoms with Gasteiger partial charge in [0.25, 0.3) is 5.91 Å². The Labute approximate surface area is 217 Å². The maximum absolute atomic E-state index is 15.5. The second kappa shape index (κ2) is 10.2. The van der Waals surface area contributed by atoms with Gasteiger partial charge in [-0.3, -0.25) is 14.3 Å². The van der Waals surface area contributed by atoms with Crippen LogP contribution in [0.4, 0.5) is 9.18 Å². The van der Waals surface area contributed by atoms with E-state index in [1.165, 1.54) is 22.0 Å². The van der Waals surface area contributed by atoms with Gasteiger partial charge < -0.3 is 19.7 Å². The van der Waals surface area contributed by atoms with E-state index in [1.54, 1.807) is 44.5 Å². The Morgan fingerprint density at radius 1 is 1.30 bits per heavy atom. The molecule has 190 valence electrons. The Hall–Kier alpha value is -3.94. The van der Waals surface area contributed by atoms with Gasteiger partial charge >= 0.3 is 6.03 Å². The van der Waals surface area contributed by atoms with Gasteiger partial charge in [0.2, 0.25) is 0 Å². The van der Waals surface area contributed by atoms with E-state index < -0.39 is 11.8 Å². The SMILES string of the molecule is C#CCNC(=O)n1c(C)cc2c(F)c(Oc3ccnc4cc(C(=O)N5CCC[C@H]5COC)sc34)ccc21. The first-order valence-corrected chi connectivity index (χ1v) is 12.6. The molecule has 0 saturated carbocycles. The number of pyridine rings is 1. The Balaban J connectivity index is 1.46. The molecule has 0 unspecified atom stereocenters. The summed E-state index contributed by atoms with van der Waals surface area (Å²) in [5, 5.41) is 2.84. The van der Waals surface area contributed by atoms with E-state index in [4.69, 9.17) is 15.9 Å². The summed E-state index contributed by atoms with van der Waals surface area (Å²) in [4.78, 5) is 32.5. The van der Waals surface area contributed by atoms with Crippen LogP contribution in [0.5, 0.6) is 11.5 Å². The van der Waals surface area contributed by atoms with E-state index in [-0.39, 0.29) is 29.6 Å². The molecule has 10 heteroatoms. The number of rotatable bonds is 6. The van der Waals surface area contributed by atoms with Crippen molar-refractivity contribution in [3.8, 4) is 23.8 Å². The van der Waals surface area contributed by atoms with Gasteiger partial charge in [-0.05, 0) is 44.0 Å². The van der Waals surface area contributed by atoms with Gasteiger partial charge in [0.15, 0.2) is 11.6 Å². The molecule has 5 rings (SSSR count). The molecule has 2 amide bonds. The molecule has 1 atom stereocenters. The molecule has 1 aliphatic heterocycles. The minimum Gasteiger partial charge on any atom is -0.453 e. The number of aromatic nitrogens is 2. The molecule has 0 spiro atoms. The van der Waals surface area contributed by atoms with E-state index in [0.717, 1.165) is 12.8 Å². The van der Waals surface area contributed by atoms with Crippen LogP contribution in [0, 0.1) is 25.1 Å². The summed E-state index contributed by atoms with van der Waals surface area (Å²) in [7, 11) is 1.63. The Kier molecular flexibility index (Phi) is 6.82. The van der Waals surface area contributed by atoms with Gasteiger partial charge in [0.1, 0.15) is 5.75 Å². The van der Waals surface area contributed by atoms with Crippen LogP contribution >= 0.6 is 11.3 Å². The van der Waals surface area contributed by atoms with Gasteiger partial charge in [-0.2, -0.15) is 0 Å². The average molecular weight is 521 g/mol. The highest BCUT2D eigenvalue weighted by molar-refractivity contribution is 7.21. The minimum atomic E-state index is -0.596. The standard InChI is InChI=1S/C27H25FN4O4S/c1-4-10-30-27(34)32-16(2)13-18-20(32)7-8-21(24(18)28)36-22-9-11-29-19-14-23(37-25(19)22)26(33)31-12-5-6-17(31)15-35-3/h1,7-9,11,13-14,17H,5-6,10,12,15H2,2-3H3,(H,30,34)/t17-/m0/s1. The number of likely N-dealkylation sites (tertiary alicyclic amines) is 1. The number of halogens is 1. The molecule has 3 aromatic heterocycles. The number of benzene rings is 1. The highest BCUT2D eigenvalue weighted by atomic mass is 32.1. The number of carbonyl (C=O) groups excluding carboxylic acids is 2. The molecule has 0 bridgehead atoms. The molecule has 1 aliphatic rings. The zero-order valence-electron chi connectivity index (χ0n) is 20.4. The second-order valence-corrected chi connectivity index (χ2v) is 9.83. The number of hydrogen-bond donors (Lipinski definition) is 1. The Morgan fingerprint density at radius 3 is 2.92 bits per heavy atom. The zero-order chi connectivity index (χ0) is 26.1. The molecule has 0 aliphatic carbocycles. The number of carbonyl (C=O) groups is 2. The molecule has 1 N–H and O–H groups in total. The van der Waals surface area contributed by atoms with Crippen molar-refractivity contribution in [3.05, 3.63) is 52.9 Å². The Bertz CT molecular complexity index is 1550. The number of fused-ring (bicyclic) bond motifs is 2. The Morgan fingerprint density at radius 2 is 2.14 bits per heavy atom. The van der Waals surface area contributed by atoms with E-state index in [1.807, 2.05) is 4.90 Å². The van der Waals surface area contributed by atoms with Crippen molar-refractivity contribution < 1.29 is 23.5 Å². The summed E-state index contributed by atoms with van der Waals surface area (Å²) in [6, 6.07) is 7.70. The second-order valence-electron chi connectivity index (χ2n) is 8.78. The van der Waals surface area contributed by atoms with Gasteiger partial charge in [0, 0.05) is 37.0 Å². The van der Waals surface area contributed by atoms with Gasteiger partial charge in [-0.25, -0.2) is 9.18 Å². The third-order valence-corrected chi connectivity index (χ3v) is 7.54. The highest BCUT2D eigenvalue weighted by Gasteiger charge is 2.30. The van der Waals surface area contributed by atoms with Crippen LogP contribution < -0.4 is 10.1 Å². The van der Waals surface area contributed by atoms with Gasteiger partial charge in [-0.15, -0.1) is 17.8 Å². The number of ether oxygens (including phenoxy) is 2. The number of methoxy groups -OCH3 is 1. The van der Waals surface area contributed by atoms with E-state index in [0.29, 0.717) is 45.2 Å². The van der Waals surface area contributed by atoms with Crippen LogP contribution in [0.2, 0.25) is 0 Å². The lowest BCUT2D eigenvalue weighted by Gasteiger charge is -2.23. The van der Waals surface area contributed by atoms with E-state index >= 15 is 4.39 Å². The fraction of sp³-hybridized carbons (Fsp3) is 0.296. The van der Waals surface area contributed by atoms with Crippen molar-refractivity contribution in [2.75, 3.05) is 26.8 Å². The first kappa shape index (κ1) is 24.7. The van der Waals surface area contributed by atoms with Crippen LogP contribution in [0.15, 0.2) is 36.5 Å². The molecule has 37 heavy (non-hydrogen) atoms. The van der Waals surface area contributed by atoms with E-state index in [2.05, 4.69) is 16.2 Å². The van der Waals surface area contributed by atoms with Crippen molar-refractivity contribution in [1.29, 1.82) is 0 Å². The average Bonchev–Trinajstić information content (AvgIpc) is 3.61. The van der Waals surface area contributed by atoms with Crippen molar-refractivity contribution in [2.45, 2.75) is 25.8 Å². The van der Waals surface area contributed by atoms with Crippen LogP contribution in [0.25, 0.3) is 21.1 Å². The normalized spacial score (nSPS) is 15.3. The summed E-state index contributed by atoms with van der Waals surface area (Å²) >= 11 is 1.27. The molecule has 1 fully saturated rings. The predicted octanol–water partition coefficient (Wildman–Crippen LogP) is 4.93. The fourth-order valence-electron chi connectivity index (χ4n) is 4.74. The lowest BCUT2D eigenvalue weighted by molar-refractivity contribution is 0.0635. The van der Waals surface area contributed by atoms with Crippen LogP contribution in [0.3, 0.4) is 0 Å². The molecule has 8 nitrogen and oxygen atoms in total. The zero-order valence-corrected chi connectivity index (χ0v) is 21.2. The fourth-order valence-corrected chi connectivity index (χ4v) is 5.76. The highest BCUT2D eigenvalue weighted by Crippen LogP contribution is 2.38. The van der Waals surface area contributed by atoms with Gasteiger partial charge in [-0.1, -0.05) is 5.92 Å². The lowest BCUT2D eigenvalue weighted by atomic mass is 10.2. The van der Waals surface area contributed by atoms with Crippen molar-refractivity contribution in [3.63, 3.8) is 0 Å². The molecular formula is C27H25FN4O4S. The van der Waals surface area contributed by atoms with Crippen molar-refractivity contribution in [1.82, 2.24) is 19.8 Å². The first-order valence-electron chi connectivity index (χ1n) is 11.8. The molecule has 1 saturated heterocycles. The molecule has 4 aromatic rings. The number of hydrogen-bond acceptors (Lipinski definition) is 6. The predicted molar refractivity (Wildman–Crippen MR) is 140 cm³/mol. The quantitative estimate of drug-likeness (QED) is 0.364. The summed E-state index contributed by atoms with van der Waals surface area (Å²) in [6.07, 6.45) is 8.63. The smallest absolute Gasteiger partial charge is 0.327 e. The molecule has 1 aromatic carbocycles.